The quantitative estimate of drug-likeness (QED) is 0.231. The summed E-state index contributed by atoms with van der Waals surface area (Å²) < 4.78 is 7.06. The lowest BCUT2D eigenvalue weighted by Gasteiger charge is -2.10. The van der Waals surface area contributed by atoms with Gasteiger partial charge in [0.1, 0.15) is 5.82 Å². The third-order valence-corrected chi connectivity index (χ3v) is 8.57. The summed E-state index contributed by atoms with van der Waals surface area (Å²) in [7, 11) is 0. The number of rotatable bonds is 2. The van der Waals surface area contributed by atoms with E-state index in [1.165, 1.54) is 49.3 Å². The van der Waals surface area contributed by atoms with Gasteiger partial charge >= 0.3 is 0 Å². The first-order valence-corrected chi connectivity index (χ1v) is 13.6. The lowest BCUT2D eigenvalue weighted by atomic mass is 10.1. The lowest BCUT2D eigenvalue weighted by molar-refractivity contribution is 1.07. The van der Waals surface area contributed by atoms with Crippen molar-refractivity contribution in [1.82, 2.24) is 18.5 Å². The van der Waals surface area contributed by atoms with Crippen molar-refractivity contribution < 1.29 is 0 Å². The van der Waals surface area contributed by atoms with Crippen molar-refractivity contribution in [3.63, 3.8) is 0 Å². The highest BCUT2D eigenvalue weighted by atomic mass is 32.1. The molecule has 0 radical (unpaired) electrons. The smallest absolute Gasteiger partial charge is 0.196 e. The van der Waals surface area contributed by atoms with Gasteiger partial charge in [0.25, 0.3) is 0 Å². The van der Waals surface area contributed by atoms with Gasteiger partial charge in [-0.1, -0.05) is 66.7 Å². The van der Waals surface area contributed by atoms with Crippen LogP contribution in [0.15, 0.2) is 121 Å². The second-order valence-corrected chi connectivity index (χ2v) is 10.6. The molecule has 178 valence electrons. The molecule has 9 rings (SSSR count). The van der Waals surface area contributed by atoms with E-state index >= 15 is 0 Å². The Bertz CT molecular complexity index is 2310. The molecule has 0 saturated heterocycles. The fourth-order valence-electron chi connectivity index (χ4n) is 6.16. The standard InChI is InChI=1S/C33H20N4S/c1-5-13-27-22(9-1)23-10-2-6-14-28(23)35(27)21-17-18-30-25(19-21)24-11-3-7-15-29(24)36(30)32-20-38-33-34-26-12-4-8-16-31(26)37(32)33/h1-20H. The van der Waals surface area contributed by atoms with Gasteiger partial charge in [0.2, 0.25) is 0 Å². The van der Waals surface area contributed by atoms with Crippen LogP contribution in [0.5, 0.6) is 0 Å². The zero-order valence-electron chi connectivity index (χ0n) is 20.2. The molecule has 5 aromatic carbocycles. The van der Waals surface area contributed by atoms with Gasteiger partial charge in [0.05, 0.1) is 33.1 Å². The van der Waals surface area contributed by atoms with Gasteiger partial charge in [-0.15, -0.1) is 11.3 Å². The van der Waals surface area contributed by atoms with Crippen LogP contribution in [0.4, 0.5) is 0 Å². The van der Waals surface area contributed by atoms with E-state index in [1.807, 2.05) is 0 Å². The van der Waals surface area contributed by atoms with Gasteiger partial charge in [-0.25, -0.2) is 4.98 Å². The second-order valence-electron chi connectivity index (χ2n) is 9.74. The molecule has 4 nitrogen and oxygen atoms in total. The van der Waals surface area contributed by atoms with E-state index in [1.54, 1.807) is 11.3 Å². The Morgan fingerprint density at radius 3 is 1.76 bits per heavy atom. The predicted molar refractivity (Wildman–Crippen MR) is 159 cm³/mol. The molecule has 0 bridgehead atoms. The molecule has 0 N–H and O–H groups in total. The third kappa shape index (κ3) is 2.56. The van der Waals surface area contributed by atoms with Crippen molar-refractivity contribution in [2.75, 3.05) is 0 Å². The van der Waals surface area contributed by atoms with Gasteiger partial charge in [-0.3, -0.25) is 8.97 Å². The lowest BCUT2D eigenvalue weighted by Crippen LogP contribution is -1.98. The maximum absolute atomic E-state index is 4.88. The Kier molecular flexibility index (Phi) is 3.91. The zero-order valence-corrected chi connectivity index (χ0v) is 21.1. The highest BCUT2D eigenvalue weighted by Gasteiger charge is 2.19. The fourth-order valence-corrected chi connectivity index (χ4v) is 7.03. The molecule has 5 heteroatoms. The Hall–Kier alpha value is -4.87. The van der Waals surface area contributed by atoms with E-state index in [2.05, 4.69) is 134 Å². The van der Waals surface area contributed by atoms with Crippen molar-refractivity contribution in [3.05, 3.63) is 121 Å². The molecule has 0 aliphatic carbocycles. The summed E-state index contributed by atoms with van der Waals surface area (Å²) in [6.45, 7) is 0. The Morgan fingerprint density at radius 1 is 0.500 bits per heavy atom. The number of hydrogen-bond acceptors (Lipinski definition) is 2. The summed E-state index contributed by atoms with van der Waals surface area (Å²) in [5.74, 6) is 1.12. The van der Waals surface area contributed by atoms with Crippen molar-refractivity contribution in [2.24, 2.45) is 0 Å². The first-order chi connectivity index (χ1) is 18.9. The highest BCUT2D eigenvalue weighted by Crippen LogP contribution is 2.38. The van der Waals surface area contributed by atoms with Crippen LogP contribution >= 0.6 is 11.3 Å². The number of benzene rings is 5. The SMILES string of the molecule is c1ccc2c(c1)nc1scc(-n3c4ccccc4c4cc(-n5c6ccccc6c6ccccc65)ccc43)n12. The normalized spacial score (nSPS) is 12.2. The highest BCUT2D eigenvalue weighted by molar-refractivity contribution is 7.15. The summed E-state index contributed by atoms with van der Waals surface area (Å²) in [6.07, 6.45) is 0. The fraction of sp³-hybridized carbons (Fsp3) is 0. The van der Waals surface area contributed by atoms with E-state index in [0.29, 0.717) is 0 Å². The van der Waals surface area contributed by atoms with Crippen LogP contribution in [0, 0.1) is 0 Å². The molecule has 0 unspecified atom stereocenters. The predicted octanol–water partition coefficient (Wildman–Crippen LogP) is 8.74. The van der Waals surface area contributed by atoms with Crippen molar-refractivity contribution in [2.45, 2.75) is 0 Å². The van der Waals surface area contributed by atoms with Crippen LogP contribution in [0.2, 0.25) is 0 Å². The van der Waals surface area contributed by atoms with Crippen LogP contribution in [0.1, 0.15) is 0 Å². The minimum Gasteiger partial charge on any atom is -0.309 e. The molecule has 9 aromatic rings. The van der Waals surface area contributed by atoms with E-state index in [9.17, 15) is 0 Å². The number of fused-ring (bicyclic) bond motifs is 9. The number of imidazole rings is 1. The largest absolute Gasteiger partial charge is 0.309 e. The average Bonchev–Trinajstić information content (AvgIpc) is 3.71. The third-order valence-electron chi connectivity index (χ3n) is 7.75. The van der Waals surface area contributed by atoms with Crippen molar-refractivity contribution in [1.29, 1.82) is 0 Å². The summed E-state index contributed by atoms with van der Waals surface area (Å²) in [5, 5.41) is 7.26. The maximum Gasteiger partial charge on any atom is 0.196 e. The Balaban J connectivity index is 1.38. The molecular weight excluding hydrogens is 484 g/mol. The van der Waals surface area contributed by atoms with Crippen LogP contribution in [0.3, 0.4) is 0 Å². The van der Waals surface area contributed by atoms with Crippen molar-refractivity contribution >= 4 is 70.9 Å². The minimum absolute atomic E-state index is 1.01. The Morgan fingerprint density at radius 2 is 1.05 bits per heavy atom. The zero-order chi connectivity index (χ0) is 24.8. The molecule has 0 spiro atoms. The minimum atomic E-state index is 1.01. The Labute approximate surface area is 221 Å². The summed E-state index contributed by atoms with van der Waals surface area (Å²) in [4.78, 5) is 5.88. The molecule has 0 saturated carbocycles. The van der Waals surface area contributed by atoms with E-state index in [-0.39, 0.29) is 0 Å². The van der Waals surface area contributed by atoms with E-state index in [4.69, 9.17) is 4.98 Å². The molecule has 0 amide bonds. The molecule has 0 aliphatic rings. The number of aromatic nitrogens is 4. The van der Waals surface area contributed by atoms with Crippen molar-refractivity contribution in [3.8, 4) is 11.5 Å². The molecule has 0 aliphatic heterocycles. The monoisotopic (exact) mass is 504 g/mol. The van der Waals surface area contributed by atoms with E-state index in [0.717, 1.165) is 21.8 Å². The van der Waals surface area contributed by atoms with Gasteiger partial charge in [-0.05, 0) is 48.5 Å². The van der Waals surface area contributed by atoms with Gasteiger partial charge in [0, 0.05) is 32.6 Å². The summed E-state index contributed by atoms with van der Waals surface area (Å²) in [5.41, 5.74) is 8.15. The molecular formula is C33H20N4S. The van der Waals surface area contributed by atoms with Crippen LogP contribution in [-0.4, -0.2) is 18.5 Å². The van der Waals surface area contributed by atoms with Crippen LogP contribution < -0.4 is 0 Å². The van der Waals surface area contributed by atoms with Gasteiger partial charge in [0.15, 0.2) is 4.96 Å². The van der Waals surface area contributed by atoms with E-state index < -0.39 is 0 Å². The molecule has 38 heavy (non-hydrogen) atoms. The first-order valence-electron chi connectivity index (χ1n) is 12.7. The molecule has 0 atom stereocenters. The number of hydrogen-bond donors (Lipinski definition) is 0. The average molecular weight is 505 g/mol. The van der Waals surface area contributed by atoms with Crippen LogP contribution in [-0.2, 0) is 0 Å². The second kappa shape index (κ2) is 7.34. The molecule has 4 heterocycles. The number of para-hydroxylation sites is 5. The first kappa shape index (κ1) is 20.2. The topological polar surface area (TPSA) is 27.2 Å². The van der Waals surface area contributed by atoms with Gasteiger partial charge in [-0.2, -0.15) is 0 Å². The number of nitrogens with zero attached hydrogens (tertiary/aromatic N) is 4. The maximum atomic E-state index is 4.88. The molecule has 4 aromatic heterocycles. The number of thiazole rings is 1. The molecule has 0 fully saturated rings. The summed E-state index contributed by atoms with van der Waals surface area (Å²) in [6, 6.07) is 41.3. The van der Waals surface area contributed by atoms with Crippen LogP contribution in [0.25, 0.3) is 71.1 Å². The van der Waals surface area contributed by atoms with Gasteiger partial charge < -0.3 is 4.57 Å². The summed E-state index contributed by atoms with van der Waals surface area (Å²) >= 11 is 1.69.